The standard InChI is InChI=1S/C17H17BrClNO/c18-15-7-12-4-5-21-17(12)13(8-15)6-14(10-20)11-2-1-3-16(19)9-11/h1-3,7-9,14H,4-6,10,20H2. The van der Waals surface area contributed by atoms with Crippen LogP contribution in [0.2, 0.25) is 5.02 Å². The lowest BCUT2D eigenvalue weighted by Gasteiger charge is -2.18. The quantitative estimate of drug-likeness (QED) is 0.874. The number of halogens is 2. The third-order valence-electron chi connectivity index (χ3n) is 3.90. The first kappa shape index (κ1) is 14.9. The largest absolute Gasteiger partial charge is 0.493 e. The molecule has 1 unspecified atom stereocenters. The molecule has 21 heavy (non-hydrogen) atoms. The van der Waals surface area contributed by atoms with Gasteiger partial charge in [0.1, 0.15) is 5.75 Å². The summed E-state index contributed by atoms with van der Waals surface area (Å²) in [5, 5.41) is 0.752. The van der Waals surface area contributed by atoms with E-state index in [-0.39, 0.29) is 5.92 Å². The molecular weight excluding hydrogens is 350 g/mol. The Balaban J connectivity index is 1.91. The van der Waals surface area contributed by atoms with Gasteiger partial charge in [-0.25, -0.2) is 0 Å². The molecule has 4 heteroatoms. The van der Waals surface area contributed by atoms with Crippen LogP contribution in [0.25, 0.3) is 0 Å². The van der Waals surface area contributed by atoms with Crippen molar-refractivity contribution < 1.29 is 4.74 Å². The summed E-state index contributed by atoms with van der Waals surface area (Å²) < 4.78 is 6.90. The van der Waals surface area contributed by atoms with Gasteiger partial charge in [0.05, 0.1) is 6.61 Å². The number of hydrogen-bond acceptors (Lipinski definition) is 2. The fourth-order valence-electron chi connectivity index (χ4n) is 2.86. The average Bonchev–Trinajstić information content (AvgIpc) is 2.92. The lowest BCUT2D eigenvalue weighted by Crippen LogP contribution is -2.15. The molecule has 1 atom stereocenters. The van der Waals surface area contributed by atoms with Gasteiger partial charge in [-0.05, 0) is 53.9 Å². The highest BCUT2D eigenvalue weighted by Crippen LogP contribution is 2.36. The van der Waals surface area contributed by atoms with Crippen LogP contribution in [0, 0.1) is 0 Å². The summed E-state index contributed by atoms with van der Waals surface area (Å²) in [6.45, 7) is 1.35. The molecule has 0 saturated carbocycles. The molecule has 0 radical (unpaired) electrons. The van der Waals surface area contributed by atoms with Gasteiger partial charge >= 0.3 is 0 Å². The van der Waals surface area contributed by atoms with Crippen LogP contribution in [-0.4, -0.2) is 13.2 Å². The lowest BCUT2D eigenvalue weighted by molar-refractivity contribution is 0.352. The Hall–Kier alpha value is -1.03. The van der Waals surface area contributed by atoms with Crippen LogP contribution in [0.15, 0.2) is 40.9 Å². The van der Waals surface area contributed by atoms with Gasteiger partial charge in [-0.3, -0.25) is 0 Å². The molecule has 0 bridgehead atoms. The first-order chi connectivity index (χ1) is 10.2. The molecule has 2 aromatic carbocycles. The maximum absolute atomic E-state index is 6.09. The fourth-order valence-corrected chi connectivity index (χ4v) is 3.61. The summed E-state index contributed by atoms with van der Waals surface area (Å²) in [6, 6.07) is 12.2. The van der Waals surface area contributed by atoms with Crippen molar-refractivity contribution in [2.24, 2.45) is 5.73 Å². The van der Waals surface area contributed by atoms with Crippen molar-refractivity contribution >= 4 is 27.5 Å². The third kappa shape index (κ3) is 3.25. The van der Waals surface area contributed by atoms with Crippen LogP contribution in [0.1, 0.15) is 22.6 Å². The molecule has 0 saturated heterocycles. The van der Waals surface area contributed by atoms with E-state index in [1.165, 1.54) is 16.7 Å². The van der Waals surface area contributed by atoms with Crippen molar-refractivity contribution in [3.63, 3.8) is 0 Å². The molecular formula is C17H17BrClNO. The highest BCUT2D eigenvalue weighted by atomic mass is 79.9. The predicted octanol–water partition coefficient (Wildman–Crippen LogP) is 4.32. The molecule has 0 aliphatic carbocycles. The van der Waals surface area contributed by atoms with Gasteiger partial charge in [-0.1, -0.05) is 39.7 Å². The van der Waals surface area contributed by atoms with Gasteiger partial charge < -0.3 is 10.5 Å². The molecule has 1 aliphatic rings. The summed E-state index contributed by atoms with van der Waals surface area (Å²) in [6.07, 6.45) is 1.84. The lowest BCUT2D eigenvalue weighted by atomic mass is 9.91. The van der Waals surface area contributed by atoms with Crippen molar-refractivity contribution in [1.82, 2.24) is 0 Å². The van der Waals surface area contributed by atoms with Gasteiger partial charge in [0, 0.05) is 21.8 Å². The smallest absolute Gasteiger partial charge is 0.125 e. The van der Waals surface area contributed by atoms with Gasteiger partial charge in [-0.15, -0.1) is 0 Å². The Labute approximate surface area is 138 Å². The van der Waals surface area contributed by atoms with E-state index >= 15 is 0 Å². The molecule has 2 nitrogen and oxygen atoms in total. The van der Waals surface area contributed by atoms with E-state index in [2.05, 4.69) is 34.1 Å². The molecule has 0 spiro atoms. The fraction of sp³-hybridized carbons (Fsp3) is 0.294. The molecule has 0 fully saturated rings. The normalized spacial score (nSPS) is 14.6. The van der Waals surface area contributed by atoms with Crippen LogP contribution >= 0.6 is 27.5 Å². The van der Waals surface area contributed by atoms with Gasteiger partial charge in [0.15, 0.2) is 0 Å². The molecule has 1 heterocycles. The van der Waals surface area contributed by atoms with Gasteiger partial charge in [0.25, 0.3) is 0 Å². The molecule has 0 aromatic heterocycles. The van der Waals surface area contributed by atoms with E-state index in [4.69, 9.17) is 22.1 Å². The van der Waals surface area contributed by atoms with Crippen molar-refractivity contribution in [3.05, 3.63) is 62.6 Å². The second-order valence-corrected chi connectivity index (χ2v) is 6.70. The first-order valence-electron chi connectivity index (χ1n) is 7.07. The summed E-state index contributed by atoms with van der Waals surface area (Å²) in [4.78, 5) is 0. The maximum Gasteiger partial charge on any atom is 0.125 e. The SMILES string of the molecule is NCC(Cc1cc(Br)cc2c1OCC2)c1cccc(Cl)c1. The minimum atomic E-state index is 0.242. The number of hydrogen-bond donors (Lipinski definition) is 1. The predicted molar refractivity (Wildman–Crippen MR) is 90.3 cm³/mol. The Morgan fingerprint density at radius 1 is 1.29 bits per heavy atom. The van der Waals surface area contributed by atoms with E-state index in [1.807, 2.05) is 18.2 Å². The van der Waals surface area contributed by atoms with E-state index in [9.17, 15) is 0 Å². The van der Waals surface area contributed by atoms with Crippen LogP contribution in [-0.2, 0) is 12.8 Å². The highest BCUT2D eigenvalue weighted by molar-refractivity contribution is 9.10. The molecule has 2 N–H and O–H groups in total. The maximum atomic E-state index is 6.09. The zero-order valence-electron chi connectivity index (χ0n) is 11.6. The molecule has 110 valence electrons. The van der Waals surface area contributed by atoms with E-state index < -0.39 is 0 Å². The number of benzene rings is 2. The van der Waals surface area contributed by atoms with Crippen LogP contribution in [0.5, 0.6) is 5.75 Å². The molecule has 2 aromatic rings. The summed E-state index contributed by atoms with van der Waals surface area (Å²) in [7, 11) is 0. The topological polar surface area (TPSA) is 35.2 Å². The Bertz CT molecular complexity index is 659. The zero-order valence-corrected chi connectivity index (χ0v) is 14.0. The van der Waals surface area contributed by atoms with Crippen LogP contribution < -0.4 is 10.5 Å². The third-order valence-corrected chi connectivity index (χ3v) is 4.59. The van der Waals surface area contributed by atoms with Crippen LogP contribution in [0.4, 0.5) is 0 Å². The second kappa shape index (κ2) is 6.39. The molecule has 3 rings (SSSR count). The van der Waals surface area contributed by atoms with Crippen molar-refractivity contribution in [2.45, 2.75) is 18.8 Å². The molecule has 1 aliphatic heterocycles. The summed E-state index contributed by atoms with van der Waals surface area (Å²) in [5.74, 6) is 1.28. The Morgan fingerprint density at radius 3 is 2.90 bits per heavy atom. The average molecular weight is 367 g/mol. The van der Waals surface area contributed by atoms with Gasteiger partial charge in [0.2, 0.25) is 0 Å². The monoisotopic (exact) mass is 365 g/mol. The summed E-state index contributed by atoms with van der Waals surface area (Å²) >= 11 is 9.68. The molecule has 0 amide bonds. The Kier molecular flexibility index (Phi) is 4.53. The van der Waals surface area contributed by atoms with Crippen molar-refractivity contribution in [1.29, 1.82) is 0 Å². The minimum absolute atomic E-state index is 0.242. The number of rotatable bonds is 4. The van der Waals surface area contributed by atoms with Crippen LogP contribution in [0.3, 0.4) is 0 Å². The van der Waals surface area contributed by atoms with Crippen molar-refractivity contribution in [2.75, 3.05) is 13.2 Å². The van der Waals surface area contributed by atoms with Crippen molar-refractivity contribution in [3.8, 4) is 5.75 Å². The minimum Gasteiger partial charge on any atom is -0.493 e. The van der Waals surface area contributed by atoms with E-state index in [0.717, 1.165) is 34.7 Å². The Morgan fingerprint density at radius 2 is 2.14 bits per heavy atom. The van der Waals surface area contributed by atoms with E-state index in [1.54, 1.807) is 0 Å². The number of fused-ring (bicyclic) bond motifs is 1. The summed E-state index contributed by atoms with van der Waals surface area (Å²) in [5.41, 5.74) is 9.66. The zero-order chi connectivity index (χ0) is 14.8. The van der Waals surface area contributed by atoms with E-state index in [0.29, 0.717) is 6.54 Å². The number of nitrogens with two attached hydrogens (primary N) is 1. The first-order valence-corrected chi connectivity index (χ1v) is 8.24. The highest BCUT2D eigenvalue weighted by Gasteiger charge is 2.20. The number of ether oxygens (including phenoxy) is 1. The second-order valence-electron chi connectivity index (χ2n) is 5.34. The van der Waals surface area contributed by atoms with Gasteiger partial charge in [-0.2, -0.15) is 0 Å².